The first kappa shape index (κ1) is 14.3. The summed E-state index contributed by atoms with van der Waals surface area (Å²) in [6, 6.07) is 5.55. The number of halogens is 1. The van der Waals surface area contributed by atoms with E-state index in [1.54, 1.807) is 13.2 Å². The molecular weight excluding hydrogens is 312 g/mol. The smallest absolute Gasteiger partial charge is 0.226 e. The van der Waals surface area contributed by atoms with Crippen LogP contribution in [-0.4, -0.2) is 38.8 Å². The predicted octanol–water partition coefficient (Wildman–Crippen LogP) is 1.77. The van der Waals surface area contributed by atoms with Gasteiger partial charge in [0, 0.05) is 30.8 Å². The van der Waals surface area contributed by atoms with Gasteiger partial charge in [-0.1, -0.05) is 0 Å². The van der Waals surface area contributed by atoms with E-state index >= 15 is 0 Å². The van der Waals surface area contributed by atoms with Crippen LogP contribution in [0.2, 0.25) is 0 Å². The van der Waals surface area contributed by atoms with Crippen molar-refractivity contribution in [1.29, 1.82) is 0 Å². The molecule has 1 aliphatic heterocycles. The Bertz CT molecular complexity index is 448. The van der Waals surface area contributed by atoms with Crippen molar-refractivity contribution in [3.05, 3.63) is 22.7 Å². The Labute approximate surface area is 120 Å². The maximum atomic E-state index is 11.9. The zero-order valence-electron chi connectivity index (χ0n) is 10.7. The summed E-state index contributed by atoms with van der Waals surface area (Å²) in [5.41, 5.74) is 0.724. The monoisotopic (exact) mass is 328 g/mol. The first-order valence-corrected chi connectivity index (χ1v) is 6.93. The summed E-state index contributed by atoms with van der Waals surface area (Å²) in [7, 11) is 1.59. The first-order valence-electron chi connectivity index (χ1n) is 6.13. The number of benzene rings is 1. The van der Waals surface area contributed by atoms with E-state index in [1.165, 1.54) is 0 Å². The molecule has 1 heterocycles. The van der Waals surface area contributed by atoms with E-state index in [0.29, 0.717) is 25.4 Å². The van der Waals surface area contributed by atoms with Crippen LogP contribution < -0.4 is 15.4 Å². The lowest BCUT2D eigenvalue weighted by Gasteiger charge is -2.23. The van der Waals surface area contributed by atoms with Gasteiger partial charge in [0.25, 0.3) is 0 Å². The fraction of sp³-hybridized carbons (Fsp3) is 0.462. The highest BCUT2D eigenvalue weighted by atomic mass is 79.9. The molecule has 19 heavy (non-hydrogen) atoms. The van der Waals surface area contributed by atoms with Crippen LogP contribution >= 0.6 is 15.9 Å². The van der Waals surface area contributed by atoms with E-state index in [2.05, 4.69) is 26.6 Å². The highest BCUT2D eigenvalue weighted by Crippen LogP contribution is 2.27. The van der Waals surface area contributed by atoms with E-state index in [1.807, 2.05) is 12.1 Å². The van der Waals surface area contributed by atoms with Gasteiger partial charge >= 0.3 is 0 Å². The highest BCUT2D eigenvalue weighted by Gasteiger charge is 2.17. The summed E-state index contributed by atoms with van der Waals surface area (Å²) in [6.07, 6.45) is 0.401. The van der Waals surface area contributed by atoms with Crippen LogP contribution in [0.25, 0.3) is 0 Å². The third kappa shape index (κ3) is 4.19. The quantitative estimate of drug-likeness (QED) is 0.884. The van der Waals surface area contributed by atoms with Gasteiger partial charge in [0.05, 0.1) is 24.8 Å². The van der Waals surface area contributed by atoms with Gasteiger partial charge in [-0.15, -0.1) is 0 Å². The van der Waals surface area contributed by atoms with E-state index in [9.17, 15) is 4.79 Å². The number of nitrogens with one attached hydrogen (secondary N) is 2. The van der Waals surface area contributed by atoms with E-state index in [0.717, 1.165) is 16.7 Å². The molecular formula is C13H17BrN2O3. The second-order valence-electron chi connectivity index (χ2n) is 4.33. The number of hydrogen-bond acceptors (Lipinski definition) is 4. The average molecular weight is 329 g/mol. The molecule has 1 unspecified atom stereocenters. The van der Waals surface area contributed by atoms with Crippen LogP contribution in [-0.2, 0) is 9.53 Å². The van der Waals surface area contributed by atoms with Crippen LogP contribution in [0, 0.1) is 0 Å². The van der Waals surface area contributed by atoms with Crippen LogP contribution in [0.5, 0.6) is 5.75 Å². The van der Waals surface area contributed by atoms with Gasteiger partial charge in [0.2, 0.25) is 5.91 Å². The van der Waals surface area contributed by atoms with Gasteiger partial charge < -0.3 is 20.1 Å². The van der Waals surface area contributed by atoms with E-state index in [-0.39, 0.29) is 11.9 Å². The molecule has 6 heteroatoms. The standard InChI is InChI=1S/C13H17BrN2O3/c1-18-12-6-9(2-3-11(12)14)16-13(17)7-10-8-19-5-4-15-10/h2-3,6,10,15H,4-5,7-8H2,1H3,(H,16,17). The van der Waals surface area contributed by atoms with Crippen LogP contribution in [0.3, 0.4) is 0 Å². The van der Waals surface area contributed by atoms with Crippen LogP contribution in [0.15, 0.2) is 22.7 Å². The van der Waals surface area contributed by atoms with Gasteiger partial charge in [-0.2, -0.15) is 0 Å². The predicted molar refractivity (Wildman–Crippen MR) is 76.6 cm³/mol. The Morgan fingerprint density at radius 1 is 1.63 bits per heavy atom. The molecule has 0 aliphatic carbocycles. The summed E-state index contributed by atoms with van der Waals surface area (Å²) in [4.78, 5) is 11.9. The SMILES string of the molecule is COc1cc(NC(=O)CC2COCCN2)ccc1Br. The van der Waals surface area contributed by atoms with Gasteiger partial charge in [0.15, 0.2) is 0 Å². The van der Waals surface area contributed by atoms with Crippen molar-refractivity contribution in [2.45, 2.75) is 12.5 Å². The number of hydrogen-bond donors (Lipinski definition) is 2. The summed E-state index contributed by atoms with van der Waals surface area (Å²) < 4.78 is 11.4. The first-order chi connectivity index (χ1) is 9.19. The molecule has 1 fully saturated rings. The van der Waals surface area contributed by atoms with E-state index < -0.39 is 0 Å². The Kier molecular flexibility index (Phi) is 5.18. The molecule has 1 amide bonds. The number of carbonyl (C=O) groups is 1. The molecule has 1 atom stereocenters. The lowest BCUT2D eigenvalue weighted by molar-refractivity contribution is -0.117. The number of methoxy groups -OCH3 is 1. The summed E-state index contributed by atoms with van der Waals surface area (Å²) >= 11 is 3.37. The molecule has 2 rings (SSSR count). The number of morpholine rings is 1. The minimum absolute atomic E-state index is 0.0348. The molecule has 104 valence electrons. The Balaban J connectivity index is 1.90. The number of anilines is 1. The minimum atomic E-state index is -0.0348. The second kappa shape index (κ2) is 6.88. The van der Waals surface area contributed by atoms with Crippen molar-refractivity contribution in [3.8, 4) is 5.75 Å². The molecule has 0 aromatic heterocycles. The summed E-state index contributed by atoms with van der Waals surface area (Å²) in [6.45, 7) is 2.09. The second-order valence-corrected chi connectivity index (χ2v) is 5.18. The molecule has 1 aliphatic rings. The fourth-order valence-electron chi connectivity index (χ4n) is 1.92. The molecule has 0 radical (unpaired) electrons. The molecule has 5 nitrogen and oxygen atoms in total. The van der Waals surface area contributed by atoms with Crippen molar-refractivity contribution in [2.75, 3.05) is 32.2 Å². The molecule has 1 aromatic carbocycles. The van der Waals surface area contributed by atoms with Crippen LogP contribution in [0.1, 0.15) is 6.42 Å². The van der Waals surface area contributed by atoms with Gasteiger partial charge in [-0.3, -0.25) is 4.79 Å². The Morgan fingerprint density at radius 2 is 2.47 bits per heavy atom. The summed E-state index contributed by atoms with van der Waals surface area (Å²) in [5.74, 6) is 0.657. The van der Waals surface area contributed by atoms with Gasteiger partial charge in [-0.05, 0) is 28.1 Å². The third-order valence-corrected chi connectivity index (χ3v) is 3.52. The van der Waals surface area contributed by atoms with Crippen molar-refractivity contribution < 1.29 is 14.3 Å². The minimum Gasteiger partial charge on any atom is -0.495 e. The molecule has 0 bridgehead atoms. The topological polar surface area (TPSA) is 59.6 Å². The normalized spacial score (nSPS) is 18.9. The maximum absolute atomic E-state index is 11.9. The lowest BCUT2D eigenvalue weighted by Crippen LogP contribution is -2.43. The Morgan fingerprint density at radius 3 is 3.16 bits per heavy atom. The van der Waals surface area contributed by atoms with Crippen molar-refractivity contribution in [3.63, 3.8) is 0 Å². The number of rotatable bonds is 4. The van der Waals surface area contributed by atoms with Crippen molar-refractivity contribution in [1.82, 2.24) is 5.32 Å². The molecule has 2 N–H and O–H groups in total. The zero-order chi connectivity index (χ0) is 13.7. The molecule has 0 spiro atoms. The van der Waals surface area contributed by atoms with E-state index in [4.69, 9.17) is 9.47 Å². The highest BCUT2D eigenvalue weighted by molar-refractivity contribution is 9.10. The Hall–Kier alpha value is -1.11. The lowest BCUT2D eigenvalue weighted by atomic mass is 10.2. The van der Waals surface area contributed by atoms with Gasteiger partial charge in [0.1, 0.15) is 5.75 Å². The molecule has 0 saturated carbocycles. The van der Waals surface area contributed by atoms with Crippen molar-refractivity contribution in [2.24, 2.45) is 0 Å². The number of carbonyl (C=O) groups excluding carboxylic acids is 1. The molecule has 1 saturated heterocycles. The summed E-state index contributed by atoms with van der Waals surface area (Å²) in [5, 5.41) is 6.11. The number of ether oxygens (including phenoxy) is 2. The zero-order valence-corrected chi connectivity index (χ0v) is 12.3. The van der Waals surface area contributed by atoms with Crippen molar-refractivity contribution >= 4 is 27.5 Å². The molecule has 1 aromatic rings. The third-order valence-electron chi connectivity index (χ3n) is 2.87. The van der Waals surface area contributed by atoms with Crippen LogP contribution in [0.4, 0.5) is 5.69 Å². The van der Waals surface area contributed by atoms with Gasteiger partial charge in [-0.25, -0.2) is 0 Å². The number of amides is 1. The average Bonchev–Trinajstić information content (AvgIpc) is 2.42. The maximum Gasteiger partial charge on any atom is 0.226 e. The largest absolute Gasteiger partial charge is 0.495 e. The fourth-order valence-corrected chi connectivity index (χ4v) is 2.33.